The van der Waals surface area contributed by atoms with Gasteiger partial charge in [0.1, 0.15) is 36.3 Å². The summed E-state index contributed by atoms with van der Waals surface area (Å²) in [6.07, 6.45) is 19.4. The minimum Gasteiger partial charge on any atom is -0.790 e. The molecule has 7 atom stereocenters. The number of hydrogen-bond acceptors (Lipinski definition) is 22. The van der Waals surface area contributed by atoms with Crippen molar-refractivity contribution >= 4 is 69.1 Å². The summed E-state index contributed by atoms with van der Waals surface area (Å²) in [6.45, 7) is 2.39. The van der Waals surface area contributed by atoms with Gasteiger partial charge in [-0.15, -0.1) is 0 Å². The zero-order valence-electron chi connectivity index (χ0n) is 40.5. The molecule has 1 aliphatic rings. The number of nitrogens with one attached hydrogen (secondary N) is 2. The Bertz CT molecular complexity index is 2160. The average molecular weight is 1080 g/mol. The lowest BCUT2D eigenvalue weighted by Crippen LogP contribution is -2.46. The Kier molecular flexibility index (Phi) is 27.8. The van der Waals surface area contributed by atoms with Crippen molar-refractivity contribution in [2.75, 3.05) is 37.8 Å². The van der Waals surface area contributed by atoms with Gasteiger partial charge in [0.25, 0.3) is 15.6 Å². The van der Waals surface area contributed by atoms with Crippen LogP contribution >= 0.6 is 35.2 Å². The lowest BCUT2D eigenvalue weighted by molar-refractivity contribution is -0.347. The van der Waals surface area contributed by atoms with Crippen LogP contribution in [0, 0.1) is 5.41 Å². The molecule has 71 heavy (non-hydrogen) atoms. The molecule has 2 aromatic heterocycles. The molecule has 0 bridgehead atoms. The smallest absolute Gasteiger partial charge is 0.274 e. The highest BCUT2D eigenvalue weighted by Gasteiger charge is 2.47. The van der Waals surface area contributed by atoms with Crippen LogP contribution in [0.15, 0.2) is 37.0 Å². The lowest BCUT2D eigenvalue weighted by Gasteiger charge is -2.36. The van der Waals surface area contributed by atoms with Gasteiger partial charge in [0.15, 0.2) is 22.8 Å². The number of nitrogens with zero attached hydrogens (tertiary/aromatic N) is 4. The van der Waals surface area contributed by atoms with Gasteiger partial charge in [-0.05, 0) is 38.5 Å². The summed E-state index contributed by atoms with van der Waals surface area (Å²) in [7, 11) is -17.6. The molecule has 6 N–H and O–H groups in total. The molecule has 1 aliphatic heterocycles. The predicted octanol–water partition coefficient (Wildman–Crippen LogP) is 3.51. The van der Waals surface area contributed by atoms with Gasteiger partial charge in [-0.25, -0.2) is 19.3 Å². The maximum absolute atomic E-state index is 12.7. The quantitative estimate of drug-likeness (QED) is 0.0367. The number of fused-ring (bicyclic) bond motifs is 1. The number of unbranched alkanes of at least 4 members (excludes halogenated alkanes) is 12. The molecule has 28 heteroatoms. The molecule has 0 saturated carbocycles. The van der Waals surface area contributed by atoms with Crippen LogP contribution in [0.1, 0.15) is 136 Å². The Hall–Kier alpha value is -2.96. The number of aliphatic hydroxyl groups excluding tert-OH is 2. The normalized spacial score (nSPS) is 19.8. The van der Waals surface area contributed by atoms with Crippen molar-refractivity contribution in [3.63, 3.8) is 0 Å². The van der Waals surface area contributed by atoms with Gasteiger partial charge in [0, 0.05) is 37.1 Å². The van der Waals surface area contributed by atoms with Crippen molar-refractivity contribution in [1.29, 1.82) is 0 Å². The summed E-state index contributed by atoms with van der Waals surface area (Å²) in [5.74, 6) is -1.14. The zero-order chi connectivity index (χ0) is 52.5. The molecule has 3 rings (SSSR count). The molecule has 2 unspecified atom stereocenters. The number of ether oxygens (including phenoxy) is 1. The summed E-state index contributed by atoms with van der Waals surface area (Å²) in [4.78, 5) is 97.0. The van der Waals surface area contributed by atoms with Crippen LogP contribution in [-0.2, 0) is 50.7 Å². The molecule has 0 aliphatic carbocycles. The monoisotopic (exact) mass is 1080 g/mol. The first-order valence-corrected chi connectivity index (χ1v) is 29.2. The maximum Gasteiger partial charge on any atom is 0.274 e. The van der Waals surface area contributed by atoms with Gasteiger partial charge in [0.05, 0.1) is 27.4 Å². The Morgan fingerprint density at radius 1 is 0.873 bits per heavy atom. The van der Waals surface area contributed by atoms with E-state index in [1.807, 2.05) is 0 Å². The van der Waals surface area contributed by atoms with Gasteiger partial charge < -0.3 is 69.0 Å². The van der Waals surface area contributed by atoms with E-state index in [9.17, 15) is 57.9 Å². The number of anilines is 1. The molecule has 1 fully saturated rings. The Labute approximate surface area is 419 Å². The van der Waals surface area contributed by atoms with Crippen molar-refractivity contribution in [2.45, 2.75) is 161 Å². The number of carbonyl (C=O) groups excluding carboxylic acids is 3. The molecule has 24 nitrogen and oxygen atoms in total. The number of amides is 2. The molecular formula is C43H70N7O17P3S-4. The number of aliphatic hydroxyl groups is 2. The summed E-state index contributed by atoms with van der Waals surface area (Å²) in [5, 5.41) is 26.5. The molecule has 0 radical (unpaired) electrons. The zero-order valence-corrected chi connectivity index (χ0v) is 44.0. The second-order valence-electron chi connectivity index (χ2n) is 17.6. The highest BCUT2D eigenvalue weighted by molar-refractivity contribution is 8.13. The summed E-state index contributed by atoms with van der Waals surface area (Å²) >= 11 is 1.14. The molecule has 404 valence electrons. The molecule has 0 aromatic carbocycles. The van der Waals surface area contributed by atoms with Crippen LogP contribution in [0.25, 0.3) is 11.2 Å². The average Bonchev–Trinajstić information content (AvgIpc) is 3.86. The molecule has 2 amide bonds. The number of phosphoric ester groups is 3. The first-order chi connectivity index (χ1) is 33.6. The third kappa shape index (κ3) is 24.3. The third-order valence-corrected chi connectivity index (χ3v) is 15.0. The van der Waals surface area contributed by atoms with Crippen molar-refractivity contribution in [1.82, 2.24) is 30.2 Å². The van der Waals surface area contributed by atoms with E-state index in [4.69, 9.17) is 10.5 Å². The van der Waals surface area contributed by atoms with Gasteiger partial charge >= 0.3 is 0 Å². The first-order valence-electron chi connectivity index (χ1n) is 23.8. The first kappa shape index (κ1) is 62.3. The van der Waals surface area contributed by atoms with Crippen LogP contribution in [0.4, 0.5) is 5.82 Å². The largest absolute Gasteiger partial charge is 0.790 e. The van der Waals surface area contributed by atoms with E-state index in [-0.39, 0.29) is 41.6 Å². The van der Waals surface area contributed by atoms with Crippen LogP contribution in [0.3, 0.4) is 0 Å². The van der Waals surface area contributed by atoms with Gasteiger partial charge in [-0.2, -0.15) is 0 Å². The second kappa shape index (κ2) is 31.7. The number of nitrogen functional groups attached to an aromatic ring is 1. The van der Waals surface area contributed by atoms with Crippen molar-refractivity contribution in [2.24, 2.45) is 5.41 Å². The van der Waals surface area contributed by atoms with Gasteiger partial charge in [-0.1, -0.05) is 115 Å². The number of allylic oxidation sites excluding steroid dienone is 4. The SMILES string of the molecule is CCCCC/C=C\C/C=C\CCCCCCCCCCCC(=O)SCCNC(=O)CCNC(=O)[C@H](O)C(C)(C)COP(=O)([O-])OP(=O)([O-])OC[C@H]1O[C@@H](n2cnc3c(N)ncnc32)[C@H](O)[C@@H]1OP(=O)([O-])[O-]. The van der Waals surface area contributed by atoms with E-state index in [0.29, 0.717) is 12.2 Å². The van der Waals surface area contributed by atoms with E-state index in [2.05, 4.69) is 74.7 Å². The number of phosphoric acid groups is 3. The Morgan fingerprint density at radius 3 is 2.14 bits per heavy atom. The Balaban J connectivity index is 1.26. The standard InChI is InChI=1S/C43H74N7O17P3S/c1-4-5-6-7-8-9-10-11-12-13-14-15-16-17-18-19-20-21-22-23-34(52)71-27-26-45-33(51)24-25-46-41(55)38(54)43(2,3)29-64-70(61,62)67-69(59,60)63-28-32-37(66-68(56,57)58)36(53)42(65-32)50-31-49-35-39(44)47-30-48-40(35)50/h8-9,11-12,30-32,36-38,42,53-54H,4-7,10,13-29H2,1-3H3,(H,45,51)(H,46,55)(H,59,60)(H,61,62)(H2,44,47,48)(H2,56,57,58)/p-4/b9-8-,12-11-/t32-,36-,37-,38+,42-/m1/s1. The molecule has 0 spiro atoms. The number of aromatic nitrogens is 4. The summed E-state index contributed by atoms with van der Waals surface area (Å²) in [6, 6.07) is 0. The fraction of sp³-hybridized carbons (Fsp3) is 0.721. The van der Waals surface area contributed by atoms with Crippen molar-refractivity contribution < 1.29 is 80.5 Å². The van der Waals surface area contributed by atoms with Crippen molar-refractivity contribution in [3.8, 4) is 0 Å². The van der Waals surface area contributed by atoms with Crippen LogP contribution < -0.4 is 35.9 Å². The third-order valence-electron chi connectivity index (χ3n) is 11.1. The molecular weight excluding hydrogens is 1010 g/mol. The predicted molar refractivity (Wildman–Crippen MR) is 256 cm³/mol. The minimum absolute atomic E-state index is 0.0188. The second-order valence-corrected chi connectivity index (χ2v) is 22.8. The van der Waals surface area contributed by atoms with Crippen LogP contribution in [0.5, 0.6) is 0 Å². The minimum atomic E-state index is -5.92. The van der Waals surface area contributed by atoms with Crippen LogP contribution in [-0.4, -0.2) is 103 Å². The molecule has 1 saturated heterocycles. The highest BCUT2D eigenvalue weighted by atomic mass is 32.2. The Morgan fingerprint density at radius 2 is 1.49 bits per heavy atom. The van der Waals surface area contributed by atoms with E-state index < -0.39 is 84.6 Å². The van der Waals surface area contributed by atoms with Crippen LogP contribution in [0.2, 0.25) is 0 Å². The number of hydrogen-bond donors (Lipinski definition) is 5. The summed E-state index contributed by atoms with van der Waals surface area (Å²) < 4.78 is 60.9. The highest BCUT2D eigenvalue weighted by Crippen LogP contribution is 2.56. The maximum atomic E-state index is 12.7. The number of thioether (sulfide) groups is 1. The van der Waals surface area contributed by atoms with E-state index in [1.54, 1.807) is 0 Å². The molecule has 3 heterocycles. The molecule has 2 aromatic rings. The topological polar surface area (TPSA) is 375 Å². The van der Waals surface area contributed by atoms with E-state index in [0.717, 1.165) is 67.5 Å². The summed E-state index contributed by atoms with van der Waals surface area (Å²) in [5.41, 5.74) is 4.09. The number of nitrogens with two attached hydrogens (primary N) is 1. The van der Waals surface area contributed by atoms with E-state index in [1.165, 1.54) is 71.6 Å². The van der Waals surface area contributed by atoms with Gasteiger partial charge in [0.2, 0.25) is 11.8 Å². The lowest BCUT2D eigenvalue weighted by atomic mass is 9.87. The fourth-order valence-electron chi connectivity index (χ4n) is 7.13. The van der Waals surface area contributed by atoms with Gasteiger partial charge in [-0.3, -0.25) is 28.1 Å². The number of rotatable bonds is 37. The fourth-order valence-corrected chi connectivity index (χ4v) is 10.6. The number of carbonyl (C=O) groups is 3. The van der Waals surface area contributed by atoms with E-state index >= 15 is 0 Å². The number of imidazole rings is 1. The van der Waals surface area contributed by atoms with Crippen molar-refractivity contribution in [3.05, 3.63) is 37.0 Å².